The number of halogens is 1. The molecule has 0 fully saturated rings. The monoisotopic (exact) mass is 259 g/mol. The summed E-state index contributed by atoms with van der Waals surface area (Å²) in [5.74, 6) is -1.47. The van der Waals surface area contributed by atoms with Gasteiger partial charge in [0.1, 0.15) is 23.5 Å². The van der Waals surface area contributed by atoms with E-state index in [1.54, 1.807) is 19.1 Å². The third-order valence-corrected chi connectivity index (χ3v) is 2.11. The molecule has 0 saturated heterocycles. The van der Waals surface area contributed by atoms with Gasteiger partial charge in [-0.2, -0.15) is 10.5 Å². The van der Waals surface area contributed by atoms with Gasteiger partial charge >= 0.3 is 5.97 Å². The zero-order valence-corrected chi connectivity index (χ0v) is 10.1. The molecule has 0 unspecified atom stereocenters. The third-order valence-electron chi connectivity index (χ3n) is 2.11. The quantitative estimate of drug-likeness (QED) is 0.508. The number of esters is 1. The Kier molecular flexibility index (Phi) is 5.06. The molecule has 0 saturated carbocycles. The average molecular weight is 259 g/mol. The van der Waals surface area contributed by atoms with Crippen molar-refractivity contribution in [3.63, 3.8) is 0 Å². The van der Waals surface area contributed by atoms with Gasteiger partial charge in [0.05, 0.1) is 12.3 Å². The molecule has 0 heterocycles. The van der Waals surface area contributed by atoms with Crippen LogP contribution in [0, 0.1) is 28.5 Å². The van der Waals surface area contributed by atoms with E-state index in [0.717, 1.165) is 12.3 Å². The van der Waals surface area contributed by atoms with Gasteiger partial charge in [-0.05, 0) is 19.1 Å². The van der Waals surface area contributed by atoms with Crippen LogP contribution in [0.3, 0.4) is 0 Å². The highest BCUT2D eigenvalue weighted by Crippen LogP contribution is 2.18. The average Bonchev–Trinajstić information content (AvgIpc) is 2.40. The number of anilines is 1. The lowest BCUT2D eigenvalue weighted by Crippen LogP contribution is -2.08. The second-order valence-electron chi connectivity index (χ2n) is 3.31. The van der Waals surface area contributed by atoms with E-state index in [1.165, 1.54) is 12.1 Å². The minimum atomic E-state index is -0.785. The molecular weight excluding hydrogens is 249 g/mol. The molecular formula is C13H10FN3O2. The van der Waals surface area contributed by atoms with E-state index in [0.29, 0.717) is 0 Å². The van der Waals surface area contributed by atoms with E-state index in [-0.39, 0.29) is 23.4 Å². The third kappa shape index (κ3) is 3.55. The lowest BCUT2D eigenvalue weighted by molar-refractivity contribution is -0.138. The summed E-state index contributed by atoms with van der Waals surface area (Å²) in [5.41, 5.74) is -0.297. The summed E-state index contributed by atoms with van der Waals surface area (Å²) in [5, 5.41) is 20.1. The number of nitrogens with one attached hydrogen (secondary N) is 1. The second kappa shape index (κ2) is 6.77. The Bertz CT molecular complexity index is 597. The summed E-state index contributed by atoms with van der Waals surface area (Å²) in [6.45, 7) is 1.75. The SMILES string of the molecule is CCOC(=O)/C(C#N)=C/Nc1cccc(F)c1C#N. The van der Waals surface area contributed by atoms with E-state index in [4.69, 9.17) is 10.5 Å². The van der Waals surface area contributed by atoms with Crippen LogP contribution in [0.25, 0.3) is 0 Å². The van der Waals surface area contributed by atoms with Gasteiger partial charge < -0.3 is 10.1 Å². The minimum Gasteiger partial charge on any atom is -0.462 e. The molecule has 0 aliphatic rings. The summed E-state index contributed by atoms with van der Waals surface area (Å²) >= 11 is 0. The van der Waals surface area contributed by atoms with Crippen molar-refractivity contribution in [3.05, 3.63) is 41.4 Å². The molecule has 0 amide bonds. The van der Waals surface area contributed by atoms with Gasteiger partial charge in [0.2, 0.25) is 0 Å². The molecule has 0 atom stereocenters. The van der Waals surface area contributed by atoms with Gasteiger partial charge in [0.15, 0.2) is 5.57 Å². The summed E-state index contributed by atoms with van der Waals surface area (Å²) < 4.78 is 18.0. The van der Waals surface area contributed by atoms with Gasteiger partial charge in [-0.1, -0.05) is 6.07 Å². The van der Waals surface area contributed by atoms with Gasteiger partial charge in [-0.25, -0.2) is 9.18 Å². The maximum Gasteiger partial charge on any atom is 0.350 e. The number of carbonyl (C=O) groups is 1. The van der Waals surface area contributed by atoms with Crippen LogP contribution in [-0.4, -0.2) is 12.6 Å². The molecule has 1 aromatic rings. The van der Waals surface area contributed by atoms with E-state index in [2.05, 4.69) is 10.1 Å². The highest BCUT2D eigenvalue weighted by Gasteiger charge is 2.11. The number of carbonyl (C=O) groups excluding carboxylic acids is 1. The Balaban J connectivity index is 2.98. The maximum atomic E-state index is 13.3. The van der Waals surface area contributed by atoms with E-state index in [1.807, 2.05) is 0 Å². The van der Waals surface area contributed by atoms with Gasteiger partial charge in [0.25, 0.3) is 0 Å². The van der Waals surface area contributed by atoms with Crippen molar-refractivity contribution in [2.45, 2.75) is 6.92 Å². The second-order valence-corrected chi connectivity index (χ2v) is 3.31. The summed E-state index contributed by atoms with van der Waals surface area (Å²) in [6.07, 6.45) is 1.08. The lowest BCUT2D eigenvalue weighted by atomic mass is 10.2. The van der Waals surface area contributed by atoms with E-state index >= 15 is 0 Å². The summed E-state index contributed by atoms with van der Waals surface area (Å²) in [6, 6.07) is 7.36. The number of benzene rings is 1. The van der Waals surface area contributed by atoms with Crippen molar-refractivity contribution in [2.24, 2.45) is 0 Å². The lowest BCUT2D eigenvalue weighted by Gasteiger charge is -2.05. The normalized spacial score (nSPS) is 10.2. The van der Waals surface area contributed by atoms with Crippen LogP contribution in [0.5, 0.6) is 0 Å². The predicted octanol–water partition coefficient (Wildman–Crippen LogP) is 2.08. The Morgan fingerprint density at radius 2 is 2.26 bits per heavy atom. The largest absolute Gasteiger partial charge is 0.462 e. The molecule has 96 valence electrons. The topological polar surface area (TPSA) is 85.9 Å². The van der Waals surface area contributed by atoms with Crippen molar-refractivity contribution in [1.82, 2.24) is 0 Å². The van der Waals surface area contributed by atoms with Crippen LogP contribution >= 0.6 is 0 Å². The standard InChI is InChI=1S/C13H10FN3O2/c1-2-19-13(18)9(6-15)8-17-12-5-3-4-11(14)10(12)7-16/h3-5,8,17H,2H2,1H3/b9-8+. The molecule has 0 spiro atoms. The highest BCUT2D eigenvalue weighted by atomic mass is 19.1. The summed E-state index contributed by atoms with van der Waals surface area (Å²) in [7, 11) is 0. The van der Waals surface area contributed by atoms with Gasteiger partial charge in [0, 0.05) is 6.20 Å². The Hall–Kier alpha value is -2.86. The summed E-state index contributed by atoms with van der Waals surface area (Å²) in [4.78, 5) is 11.3. The van der Waals surface area contributed by atoms with Crippen molar-refractivity contribution in [2.75, 3.05) is 11.9 Å². The first-order valence-corrected chi connectivity index (χ1v) is 5.36. The van der Waals surface area contributed by atoms with Crippen molar-refractivity contribution in [3.8, 4) is 12.1 Å². The van der Waals surface area contributed by atoms with Crippen LogP contribution in [-0.2, 0) is 9.53 Å². The molecule has 1 rings (SSSR count). The van der Waals surface area contributed by atoms with Crippen LogP contribution < -0.4 is 5.32 Å². The molecule has 0 aliphatic carbocycles. The fourth-order valence-electron chi connectivity index (χ4n) is 1.25. The molecule has 19 heavy (non-hydrogen) atoms. The van der Waals surface area contributed by atoms with E-state index < -0.39 is 11.8 Å². The number of nitriles is 2. The van der Waals surface area contributed by atoms with Crippen molar-refractivity contribution < 1.29 is 13.9 Å². The number of ether oxygens (including phenoxy) is 1. The first-order chi connectivity index (χ1) is 9.13. The molecule has 1 aromatic carbocycles. The molecule has 0 aliphatic heterocycles. The van der Waals surface area contributed by atoms with Gasteiger partial charge in [-0.3, -0.25) is 0 Å². The van der Waals surface area contributed by atoms with E-state index in [9.17, 15) is 9.18 Å². The fraction of sp³-hybridized carbons (Fsp3) is 0.154. The zero-order valence-electron chi connectivity index (χ0n) is 10.1. The first-order valence-electron chi connectivity index (χ1n) is 5.36. The van der Waals surface area contributed by atoms with Crippen molar-refractivity contribution in [1.29, 1.82) is 10.5 Å². The fourth-order valence-corrected chi connectivity index (χ4v) is 1.25. The van der Waals surface area contributed by atoms with Crippen LogP contribution in [0.1, 0.15) is 12.5 Å². The zero-order chi connectivity index (χ0) is 14.3. The molecule has 0 bridgehead atoms. The molecule has 5 nitrogen and oxygen atoms in total. The predicted molar refractivity (Wildman–Crippen MR) is 65.1 cm³/mol. The molecule has 0 radical (unpaired) electrons. The number of hydrogen-bond acceptors (Lipinski definition) is 5. The Morgan fingerprint density at radius 1 is 1.53 bits per heavy atom. The maximum absolute atomic E-state index is 13.3. The first kappa shape index (κ1) is 14.2. The number of nitrogens with zero attached hydrogens (tertiary/aromatic N) is 2. The molecule has 1 N–H and O–H groups in total. The van der Waals surface area contributed by atoms with Gasteiger partial charge in [-0.15, -0.1) is 0 Å². The Labute approximate surface area is 109 Å². The van der Waals surface area contributed by atoms with Crippen molar-refractivity contribution >= 4 is 11.7 Å². The van der Waals surface area contributed by atoms with Crippen LogP contribution in [0.4, 0.5) is 10.1 Å². The molecule has 6 heteroatoms. The minimum absolute atomic E-state index is 0.140. The molecule has 0 aromatic heterocycles. The van der Waals surface area contributed by atoms with Crippen LogP contribution in [0.15, 0.2) is 30.0 Å². The Morgan fingerprint density at radius 3 is 2.84 bits per heavy atom. The van der Waals surface area contributed by atoms with Crippen LogP contribution in [0.2, 0.25) is 0 Å². The number of rotatable bonds is 4. The highest BCUT2D eigenvalue weighted by molar-refractivity contribution is 5.93. The number of hydrogen-bond donors (Lipinski definition) is 1. The smallest absolute Gasteiger partial charge is 0.350 e.